The second-order valence-corrected chi connectivity index (χ2v) is 14.0. The molecule has 0 N–H and O–H groups in total. The third-order valence-corrected chi connectivity index (χ3v) is 10.2. The third kappa shape index (κ3) is 6.13. The normalized spacial score (nSPS) is 11.1. The predicted molar refractivity (Wildman–Crippen MR) is 149 cm³/mol. The lowest BCUT2D eigenvalue weighted by atomic mass is 10.0. The monoisotopic (exact) mass is 504 g/mol. The van der Waals surface area contributed by atoms with Gasteiger partial charge >= 0.3 is 0 Å². The first kappa shape index (κ1) is 25.9. The quantitative estimate of drug-likeness (QED) is 0.164. The molecule has 0 saturated heterocycles. The first-order chi connectivity index (χ1) is 17.8. The molecule has 0 amide bonds. The Hall–Kier alpha value is -4.22. The Bertz CT molecular complexity index is 1310. The number of carbonyl (C=O) groups excluding carboxylic acids is 4. The van der Waals surface area contributed by atoms with Crippen molar-refractivity contribution in [2.45, 2.75) is 25.9 Å². The summed E-state index contributed by atoms with van der Waals surface area (Å²) in [5.41, 5.74) is 2.10. The Balaban J connectivity index is 1.42. The van der Waals surface area contributed by atoms with E-state index in [9.17, 15) is 19.2 Å². The Labute approximate surface area is 218 Å². The zero-order chi connectivity index (χ0) is 26.4. The molecule has 0 aliphatic carbocycles. The molecule has 4 aromatic rings. The minimum absolute atomic E-state index is 0.160. The van der Waals surface area contributed by atoms with Crippen LogP contribution in [0.15, 0.2) is 109 Å². The lowest BCUT2D eigenvalue weighted by molar-refractivity contribution is 0.0878. The van der Waals surface area contributed by atoms with E-state index < -0.39 is 8.07 Å². The second kappa shape index (κ2) is 11.2. The summed E-state index contributed by atoms with van der Waals surface area (Å²) in [5, 5.41) is 2.27. The summed E-state index contributed by atoms with van der Waals surface area (Å²) in [7, 11) is -2.10. The SMILES string of the molecule is C[Si](C)(c1ccc(C(=O)CC(=O)c2ccccc2)cc1)c1ccc(C(=O)CC(=O)c2ccccc2)cc1. The lowest BCUT2D eigenvalue weighted by Gasteiger charge is -2.24. The van der Waals surface area contributed by atoms with Crippen molar-refractivity contribution < 1.29 is 19.2 Å². The van der Waals surface area contributed by atoms with Crippen LogP contribution in [0.4, 0.5) is 0 Å². The van der Waals surface area contributed by atoms with Gasteiger partial charge in [0.2, 0.25) is 0 Å². The van der Waals surface area contributed by atoms with E-state index in [1.54, 1.807) is 72.8 Å². The summed E-state index contributed by atoms with van der Waals surface area (Å²) in [5.74, 6) is -0.783. The van der Waals surface area contributed by atoms with Crippen LogP contribution in [0.25, 0.3) is 0 Å². The summed E-state index contributed by atoms with van der Waals surface area (Å²) < 4.78 is 0. The number of ketones is 4. The number of carbonyl (C=O) groups is 4. The zero-order valence-electron chi connectivity index (χ0n) is 20.9. The molecule has 0 atom stereocenters. The molecule has 0 saturated carbocycles. The molecule has 0 aromatic heterocycles. The van der Waals surface area contributed by atoms with E-state index in [4.69, 9.17) is 0 Å². The molecule has 5 heteroatoms. The highest BCUT2D eigenvalue weighted by atomic mass is 28.3. The van der Waals surface area contributed by atoms with Gasteiger partial charge in [0.05, 0.1) is 12.8 Å². The molecule has 0 heterocycles. The van der Waals surface area contributed by atoms with Gasteiger partial charge in [-0.15, -0.1) is 0 Å². The summed E-state index contributed by atoms with van der Waals surface area (Å²) in [4.78, 5) is 50.1. The maximum absolute atomic E-state index is 12.7. The van der Waals surface area contributed by atoms with Crippen LogP contribution in [-0.2, 0) is 0 Å². The molecule has 0 spiro atoms. The largest absolute Gasteiger partial charge is 0.294 e. The highest BCUT2D eigenvalue weighted by Crippen LogP contribution is 2.13. The number of benzene rings is 4. The maximum atomic E-state index is 12.7. The number of Topliss-reactive ketones (excluding diaryl/α,β-unsaturated/α-hetero) is 4. The molecular formula is C32H28O4Si. The van der Waals surface area contributed by atoms with Gasteiger partial charge in [0.1, 0.15) is 8.07 Å². The van der Waals surface area contributed by atoms with Crippen molar-refractivity contribution in [3.05, 3.63) is 131 Å². The molecule has 4 rings (SSSR count). The average Bonchev–Trinajstić information content (AvgIpc) is 2.94. The fourth-order valence-corrected chi connectivity index (χ4v) is 6.59. The van der Waals surface area contributed by atoms with Crippen LogP contribution >= 0.6 is 0 Å². The van der Waals surface area contributed by atoms with Crippen LogP contribution in [0, 0.1) is 0 Å². The van der Waals surface area contributed by atoms with Crippen LogP contribution in [0.5, 0.6) is 0 Å². The van der Waals surface area contributed by atoms with Gasteiger partial charge in [-0.05, 0) is 0 Å². The fraction of sp³-hybridized carbons (Fsp3) is 0.125. The minimum Gasteiger partial charge on any atom is -0.294 e. The van der Waals surface area contributed by atoms with E-state index >= 15 is 0 Å². The first-order valence-electron chi connectivity index (χ1n) is 12.2. The van der Waals surface area contributed by atoms with Gasteiger partial charge in [-0.1, -0.05) is 133 Å². The van der Waals surface area contributed by atoms with Crippen molar-refractivity contribution in [1.82, 2.24) is 0 Å². The fourth-order valence-electron chi connectivity index (χ4n) is 4.26. The van der Waals surface area contributed by atoms with Crippen molar-refractivity contribution in [3.63, 3.8) is 0 Å². The van der Waals surface area contributed by atoms with Crippen molar-refractivity contribution >= 4 is 41.6 Å². The van der Waals surface area contributed by atoms with Gasteiger partial charge in [0.15, 0.2) is 23.1 Å². The van der Waals surface area contributed by atoms with Crippen molar-refractivity contribution in [2.75, 3.05) is 0 Å². The van der Waals surface area contributed by atoms with Gasteiger partial charge in [-0.3, -0.25) is 19.2 Å². The van der Waals surface area contributed by atoms with Crippen LogP contribution in [-0.4, -0.2) is 31.2 Å². The van der Waals surface area contributed by atoms with E-state index in [2.05, 4.69) is 13.1 Å². The summed E-state index contributed by atoms with van der Waals surface area (Å²) in [6.07, 6.45) is -0.321. The number of hydrogen-bond acceptors (Lipinski definition) is 4. The van der Waals surface area contributed by atoms with Gasteiger partial charge in [-0.2, -0.15) is 0 Å². The van der Waals surface area contributed by atoms with E-state index in [1.807, 2.05) is 36.4 Å². The highest BCUT2D eigenvalue weighted by Gasteiger charge is 2.26. The molecule has 0 unspecified atom stereocenters. The number of rotatable bonds is 10. The van der Waals surface area contributed by atoms with E-state index in [-0.39, 0.29) is 36.0 Å². The van der Waals surface area contributed by atoms with Gasteiger partial charge in [0, 0.05) is 22.3 Å². The van der Waals surface area contributed by atoms with Crippen molar-refractivity contribution in [1.29, 1.82) is 0 Å². The van der Waals surface area contributed by atoms with Crippen LogP contribution < -0.4 is 10.4 Å². The van der Waals surface area contributed by atoms with Crippen LogP contribution in [0.3, 0.4) is 0 Å². The highest BCUT2D eigenvalue weighted by molar-refractivity contribution is 7.00. The predicted octanol–water partition coefficient (Wildman–Crippen LogP) is 5.42. The van der Waals surface area contributed by atoms with Crippen molar-refractivity contribution in [2.24, 2.45) is 0 Å². The molecular weight excluding hydrogens is 476 g/mol. The Morgan fingerprint density at radius 2 is 0.703 bits per heavy atom. The molecule has 184 valence electrons. The van der Waals surface area contributed by atoms with Crippen LogP contribution in [0.2, 0.25) is 13.1 Å². The minimum atomic E-state index is -2.10. The summed E-state index contributed by atoms with van der Waals surface area (Å²) >= 11 is 0. The van der Waals surface area contributed by atoms with Crippen molar-refractivity contribution in [3.8, 4) is 0 Å². The summed E-state index contributed by atoms with van der Waals surface area (Å²) in [6.45, 7) is 4.41. The van der Waals surface area contributed by atoms with Crippen LogP contribution in [0.1, 0.15) is 54.3 Å². The van der Waals surface area contributed by atoms with Gasteiger partial charge in [0.25, 0.3) is 0 Å². The molecule has 0 fully saturated rings. The summed E-state index contributed by atoms with van der Waals surface area (Å²) in [6, 6.07) is 32.7. The molecule has 0 radical (unpaired) electrons. The topological polar surface area (TPSA) is 68.3 Å². The molecule has 0 bridgehead atoms. The number of hydrogen-bond donors (Lipinski definition) is 0. The van der Waals surface area contributed by atoms with E-state index in [1.165, 1.54) is 0 Å². The van der Waals surface area contributed by atoms with E-state index in [0.29, 0.717) is 22.3 Å². The zero-order valence-corrected chi connectivity index (χ0v) is 21.9. The molecule has 37 heavy (non-hydrogen) atoms. The standard InChI is InChI=1S/C32H28O4Si/c1-37(2,27-17-13-25(14-18-27)31(35)21-29(33)23-9-5-3-6-10-23)28-19-15-26(16-20-28)32(36)22-30(34)24-11-7-4-8-12-24/h3-20H,21-22H2,1-2H3. The smallest absolute Gasteiger partial charge is 0.170 e. The van der Waals surface area contributed by atoms with Gasteiger partial charge < -0.3 is 0 Å². The maximum Gasteiger partial charge on any atom is 0.170 e. The molecule has 4 aromatic carbocycles. The first-order valence-corrected chi connectivity index (χ1v) is 15.2. The molecule has 0 aliphatic rings. The van der Waals surface area contributed by atoms with E-state index in [0.717, 1.165) is 10.4 Å². The Morgan fingerprint density at radius 3 is 1.00 bits per heavy atom. The Kier molecular flexibility index (Phi) is 7.85. The molecule has 4 nitrogen and oxygen atoms in total. The van der Waals surface area contributed by atoms with Gasteiger partial charge in [-0.25, -0.2) is 0 Å². The molecule has 0 aliphatic heterocycles. The lowest BCUT2D eigenvalue weighted by Crippen LogP contribution is -2.52. The third-order valence-electron chi connectivity index (χ3n) is 6.69. The Morgan fingerprint density at radius 1 is 0.432 bits per heavy atom. The average molecular weight is 505 g/mol. The second-order valence-electron chi connectivity index (χ2n) is 9.56.